The second-order valence-corrected chi connectivity index (χ2v) is 8.93. The van der Waals surface area contributed by atoms with Gasteiger partial charge >= 0.3 is 6.09 Å². The summed E-state index contributed by atoms with van der Waals surface area (Å²) in [5.74, 6) is 0.641. The lowest BCUT2D eigenvalue weighted by Gasteiger charge is -2.37. The van der Waals surface area contributed by atoms with Crippen molar-refractivity contribution in [3.8, 4) is 0 Å². The number of halogens is 1. The van der Waals surface area contributed by atoms with Crippen LogP contribution in [0.15, 0.2) is 28.7 Å². The van der Waals surface area contributed by atoms with Crippen LogP contribution in [0.5, 0.6) is 0 Å². The molecule has 2 saturated heterocycles. The molecule has 0 spiro atoms. The van der Waals surface area contributed by atoms with Crippen LogP contribution in [0.1, 0.15) is 37.4 Å². The van der Waals surface area contributed by atoms with Crippen molar-refractivity contribution in [2.45, 2.75) is 38.6 Å². The van der Waals surface area contributed by atoms with Crippen molar-refractivity contribution in [3.63, 3.8) is 0 Å². The molecule has 0 radical (unpaired) electrons. The number of rotatable bonds is 3. The summed E-state index contributed by atoms with van der Waals surface area (Å²) in [7, 11) is 0. The van der Waals surface area contributed by atoms with Gasteiger partial charge in [0.15, 0.2) is 0 Å². The molecule has 1 N–H and O–H groups in total. The first-order valence-electron chi connectivity index (χ1n) is 9.99. The first kappa shape index (κ1) is 18.8. The van der Waals surface area contributed by atoms with Gasteiger partial charge < -0.3 is 19.5 Å². The van der Waals surface area contributed by atoms with E-state index in [0.717, 1.165) is 32.5 Å². The lowest BCUT2D eigenvalue weighted by Crippen LogP contribution is -2.43. The van der Waals surface area contributed by atoms with Gasteiger partial charge in [0.05, 0.1) is 0 Å². The summed E-state index contributed by atoms with van der Waals surface area (Å²) in [5, 5.41) is 10.4. The van der Waals surface area contributed by atoms with Crippen LogP contribution in [-0.4, -0.2) is 58.3 Å². The van der Waals surface area contributed by atoms with Crippen molar-refractivity contribution in [1.82, 2.24) is 14.4 Å². The van der Waals surface area contributed by atoms with Crippen LogP contribution in [0.2, 0.25) is 0 Å². The van der Waals surface area contributed by atoms with E-state index in [1.165, 1.54) is 33.9 Å². The third-order valence-electron chi connectivity index (χ3n) is 6.35. The normalized spacial score (nSPS) is 20.4. The number of hydrogen-bond acceptors (Lipinski definition) is 2. The van der Waals surface area contributed by atoms with Crippen molar-refractivity contribution >= 4 is 32.9 Å². The fourth-order valence-corrected chi connectivity index (χ4v) is 5.33. The Morgan fingerprint density at radius 2 is 1.85 bits per heavy atom. The largest absolute Gasteiger partial charge is 0.465 e. The highest BCUT2D eigenvalue weighted by atomic mass is 79.9. The molecule has 3 heterocycles. The van der Waals surface area contributed by atoms with Gasteiger partial charge in [-0.2, -0.15) is 0 Å². The lowest BCUT2D eigenvalue weighted by atomic mass is 9.95. The predicted molar refractivity (Wildman–Crippen MR) is 111 cm³/mol. The minimum atomic E-state index is -0.768. The number of aryl methyl sites for hydroxylation is 1. The third-order valence-corrected chi connectivity index (χ3v) is 7.04. The van der Waals surface area contributed by atoms with E-state index >= 15 is 0 Å². The summed E-state index contributed by atoms with van der Waals surface area (Å²) in [6, 6.07) is 9.34. The number of hydrogen-bond donors (Lipinski definition) is 1. The molecule has 0 aliphatic carbocycles. The molecule has 2 fully saturated rings. The molecule has 1 aromatic heterocycles. The van der Waals surface area contributed by atoms with Crippen molar-refractivity contribution in [3.05, 3.63) is 34.4 Å². The first-order valence-corrected chi connectivity index (χ1v) is 10.8. The van der Waals surface area contributed by atoms with Gasteiger partial charge in [0, 0.05) is 59.8 Å². The second-order valence-electron chi connectivity index (χ2n) is 8.07. The van der Waals surface area contributed by atoms with Crippen LogP contribution in [0.4, 0.5) is 4.79 Å². The molecular formula is C21H28BrN3O2. The van der Waals surface area contributed by atoms with Gasteiger partial charge in [-0.05, 0) is 56.7 Å². The van der Waals surface area contributed by atoms with E-state index in [9.17, 15) is 4.79 Å². The maximum Gasteiger partial charge on any atom is 0.407 e. The second kappa shape index (κ2) is 7.84. The van der Waals surface area contributed by atoms with Crippen LogP contribution in [0, 0.1) is 12.8 Å². The summed E-state index contributed by atoms with van der Waals surface area (Å²) in [4.78, 5) is 15.2. The zero-order valence-electron chi connectivity index (χ0n) is 15.9. The van der Waals surface area contributed by atoms with Gasteiger partial charge in [-0.25, -0.2) is 4.79 Å². The summed E-state index contributed by atoms with van der Waals surface area (Å²) < 4.78 is 3.70. The van der Waals surface area contributed by atoms with E-state index < -0.39 is 6.09 Å². The Morgan fingerprint density at radius 3 is 2.52 bits per heavy atom. The topological polar surface area (TPSA) is 48.7 Å². The molecule has 1 aromatic carbocycles. The molecule has 5 nitrogen and oxygen atoms in total. The number of nitrogens with zero attached hydrogens (tertiary/aromatic N) is 3. The van der Waals surface area contributed by atoms with Gasteiger partial charge in [-0.3, -0.25) is 0 Å². The minimum Gasteiger partial charge on any atom is -0.465 e. The predicted octanol–water partition coefficient (Wildman–Crippen LogP) is 4.74. The standard InChI is InChI=1S/C21H28BrN3O2/c1-15-13-18-19(22)3-2-4-20(18)25(15)17-7-9-23(10-8-17)14-16-5-11-24(12-6-16)21(26)27/h2-4,13,16-17H,5-12,14H2,1H3,(H,26,27). The third kappa shape index (κ3) is 3.87. The van der Waals surface area contributed by atoms with Crippen molar-refractivity contribution in [2.24, 2.45) is 5.92 Å². The molecule has 27 heavy (non-hydrogen) atoms. The summed E-state index contributed by atoms with van der Waals surface area (Å²) in [5.41, 5.74) is 2.68. The number of carbonyl (C=O) groups is 1. The molecule has 6 heteroatoms. The molecule has 146 valence electrons. The van der Waals surface area contributed by atoms with Crippen molar-refractivity contribution < 1.29 is 9.90 Å². The van der Waals surface area contributed by atoms with Crippen LogP contribution < -0.4 is 0 Å². The van der Waals surface area contributed by atoms with Crippen molar-refractivity contribution in [1.29, 1.82) is 0 Å². The SMILES string of the molecule is Cc1cc2c(Br)cccc2n1C1CCN(CC2CCN(C(=O)O)CC2)CC1. The Kier molecular flexibility index (Phi) is 5.46. The molecule has 0 unspecified atom stereocenters. The number of likely N-dealkylation sites (tertiary alicyclic amines) is 2. The molecule has 0 atom stereocenters. The van der Waals surface area contributed by atoms with Crippen LogP contribution in [0.25, 0.3) is 10.9 Å². The first-order chi connectivity index (χ1) is 13.0. The molecule has 2 aromatic rings. The molecular weight excluding hydrogens is 406 g/mol. The fraction of sp³-hybridized carbons (Fsp3) is 0.571. The summed E-state index contributed by atoms with van der Waals surface area (Å²) in [6.07, 6.45) is 3.61. The average molecular weight is 434 g/mol. The minimum absolute atomic E-state index is 0.571. The van der Waals surface area contributed by atoms with Gasteiger partial charge in [-0.1, -0.05) is 22.0 Å². The summed E-state index contributed by atoms with van der Waals surface area (Å²) in [6.45, 7) is 7.00. The number of aromatic nitrogens is 1. The number of fused-ring (bicyclic) bond motifs is 1. The number of benzene rings is 1. The monoisotopic (exact) mass is 433 g/mol. The van der Waals surface area contributed by atoms with E-state index in [1.807, 2.05) is 0 Å². The zero-order valence-corrected chi connectivity index (χ0v) is 17.5. The molecule has 0 bridgehead atoms. The molecule has 4 rings (SSSR count). The van der Waals surface area contributed by atoms with E-state index in [1.54, 1.807) is 4.90 Å². The lowest BCUT2D eigenvalue weighted by molar-refractivity contribution is 0.104. The quantitative estimate of drug-likeness (QED) is 0.760. The Labute approximate surface area is 169 Å². The van der Waals surface area contributed by atoms with Crippen LogP contribution in [-0.2, 0) is 0 Å². The smallest absolute Gasteiger partial charge is 0.407 e. The van der Waals surface area contributed by atoms with Gasteiger partial charge in [0.1, 0.15) is 0 Å². The highest BCUT2D eigenvalue weighted by Gasteiger charge is 2.27. The van der Waals surface area contributed by atoms with E-state index in [4.69, 9.17) is 5.11 Å². The Hall–Kier alpha value is -1.53. The average Bonchev–Trinajstić information content (AvgIpc) is 3.00. The highest BCUT2D eigenvalue weighted by Crippen LogP contribution is 2.33. The van der Waals surface area contributed by atoms with Crippen molar-refractivity contribution in [2.75, 3.05) is 32.7 Å². The van der Waals surface area contributed by atoms with Gasteiger partial charge in [-0.15, -0.1) is 0 Å². The molecule has 2 aliphatic rings. The number of carboxylic acid groups (broad SMARTS) is 1. The Balaban J connectivity index is 1.35. The number of amides is 1. The van der Waals surface area contributed by atoms with Crippen LogP contribution >= 0.6 is 15.9 Å². The Bertz CT molecular complexity index is 818. The van der Waals surface area contributed by atoms with Crippen LogP contribution in [0.3, 0.4) is 0 Å². The maximum absolute atomic E-state index is 11.1. The van der Waals surface area contributed by atoms with E-state index in [-0.39, 0.29) is 0 Å². The highest BCUT2D eigenvalue weighted by molar-refractivity contribution is 9.10. The van der Waals surface area contributed by atoms with Gasteiger partial charge in [0.25, 0.3) is 0 Å². The number of piperidine rings is 2. The maximum atomic E-state index is 11.1. The molecule has 0 saturated carbocycles. The fourth-order valence-electron chi connectivity index (χ4n) is 4.86. The van der Waals surface area contributed by atoms with E-state index in [0.29, 0.717) is 25.0 Å². The molecule has 1 amide bonds. The van der Waals surface area contributed by atoms with Gasteiger partial charge in [0.2, 0.25) is 0 Å². The zero-order chi connectivity index (χ0) is 19.0. The van der Waals surface area contributed by atoms with E-state index in [2.05, 4.69) is 56.6 Å². The Morgan fingerprint density at radius 1 is 1.15 bits per heavy atom. The summed E-state index contributed by atoms with van der Waals surface area (Å²) >= 11 is 3.68. The molecule has 2 aliphatic heterocycles.